The molecule has 0 unspecified atom stereocenters. The number of hydrogen-bond acceptors (Lipinski definition) is 4. The number of pyridine rings is 1. The molecule has 4 nitrogen and oxygen atoms in total. The van der Waals surface area contributed by atoms with Crippen LogP contribution in [0.3, 0.4) is 0 Å². The monoisotopic (exact) mass is 316 g/mol. The van der Waals surface area contributed by atoms with E-state index in [0.717, 1.165) is 10.0 Å². The van der Waals surface area contributed by atoms with E-state index < -0.39 is 0 Å². The highest BCUT2D eigenvalue weighted by Crippen LogP contribution is 2.21. The van der Waals surface area contributed by atoms with Crippen LogP contribution in [0, 0.1) is 6.92 Å². The largest absolute Gasteiger partial charge is 0.403 e. The maximum absolute atomic E-state index is 12.0. The van der Waals surface area contributed by atoms with Gasteiger partial charge in [0.1, 0.15) is 0 Å². The Morgan fingerprint density at radius 3 is 2.84 bits per heavy atom. The lowest BCUT2D eigenvalue weighted by molar-refractivity contribution is 0.518. The van der Waals surface area contributed by atoms with Crippen LogP contribution in [0.15, 0.2) is 50.3 Å². The Morgan fingerprint density at radius 1 is 1.21 bits per heavy atom. The number of aromatic nitrogens is 2. The van der Waals surface area contributed by atoms with E-state index in [1.54, 1.807) is 24.5 Å². The lowest BCUT2D eigenvalue weighted by Crippen LogP contribution is -2.03. The average molecular weight is 317 g/mol. The van der Waals surface area contributed by atoms with Gasteiger partial charge in [-0.15, -0.1) is 0 Å². The molecule has 0 radical (unpaired) electrons. The van der Waals surface area contributed by atoms with Gasteiger partial charge in [0.2, 0.25) is 5.89 Å². The van der Waals surface area contributed by atoms with Gasteiger partial charge in [0, 0.05) is 16.9 Å². The van der Waals surface area contributed by atoms with Gasteiger partial charge in [-0.1, -0.05) is 11.6 Å². The van der Waals surface area contributed by atoms with Crippen LogP contribution in [0.25, 0.3) is 22.4 Å². The van der Waals surface area contributed by atoms with Crippen molar-refractivity contribution in [3.05, 3.63) is 57.1 Å². The van der Waals surface area contributed by atoms with Crippen LogP contribution in [-0.2, 0) is 0 Å². The first kappa shape index (κ1) is 12.0. The van der Waals surface area contributed by atoms with E-state index in [4.69, 9.17) is 4.42 Å². The topological polar surface area (TPSA) is 56.0 Å². The van der Waals surface area contributed by atoms with Crippen LogP contribution in [0.4, 0.5) is 0 Å². The standard InChI is InChI=1S/C14H9BrN2O2/c1-8-2-3-12-11(4-8)14(18)19-13(17-12)9-5-10(15)7-16-6-9/h2-7H,1H3. The Kier molecular flexibility index (Phi) is 2.91. The summed E-state index contributed by atoms with van der Waals surface area (Å²) in [6, 6.07) is 7.31. The Hall–Kier alpha value is -2.01. The number of benzene rings is 1. The molecular weight excluding hydrogens is 308 g/mol. The molecule has 5 heteroatoms. The van der Waals surface area contributed by atoms with Crippen molar-refractivity contribution in [3.8, 4) is 11.5 Å². The van der Waals surface area contributed by atoms with Gasteiger partial charge in [-0.3, -0.25) is 4.98 Å². The molecule has 0 saturated heterocycles. The van der Waals surface area contributed by atoms with Gasteiger partial charge < -0.3 is 4.42 Å². The van der Waals surface area contributed by atoms with Gasteiger partial charge in [0.05, 0.1) is 16.5 Å². The molecule has 19 heavy (non-hydrogen) atoms. The minimum Gasteiger partial charge on any atom is -0.403 e. The fraction of sp³-hybridized carbons (Fsp3) is 0.0714. The minimum atomic E-state index is -0.385. The molecule has 0 aliphatic heterocycles. The maximum atomic E-state index is 12.0. The molecule has 3 rings (SSSR count). The second-order valence-corrected chi connectivity index (χ2v) is 5.13. The summed E-state index contributed by atoms with van der Waals surface area (Å²) in [5, 5.41) is 0.492. The van der Waals surface area contributed by atoms with E-state index in [1.807, 2.05) is 19.1 Å². The van der Waals surface area contributed by atoms with Crippen LogP contribution in [0.1, 0.15) is 5.56 Å². The summed E-state index contributed by atoms with van der Waals surface area (Å²) in [6.07, 6.45) is 3.27. The van der Waals surface area contributed by atoms with Crippen molar-refractivity contribution < 1.29 is 4.42 Å². The molecule has 0 atom stereocenters. The van der Waals surface area contributed by atoms with Crippen molar-refractivity contribution in [2.45, 2.75) is 6.92 Å². The van der Waals surface area contributed by atoms with E-state index in [-0.39, 0.29) is 11.5 Å². The molecule has 0 N–H and O–H groups in total. The predicted molar refractivity (Wildman–Crippen MR) is 75.9 cm³/mol. The molecular formula is C14H9BrN2O2. The molecule has 94 valence electrons. The van der Waals surface area contributed by atoms with E-state index >= 15 is 0 Å². The molecule has 0 amide bonds. The predicted octanol–water partition coefficient (Wildman–Crippen LogP) is 3.32. The number of halogens is 1. The fourth-order valence-corrected chi connectivity index (χ4v) is 2.20. The molecule has 0 spiro atoms. The van der Waals surface area contributed by atoms with Gasteiger partial charge in [0.25, 0.3) is 0 Å². The maximum Gasteiger partial charge on any atom is 0.347 e. The molecule has 0 aliphatic carbocycles. The van der Waals surface area contributed by atoms with Crippen molar-refractivity contribution in [2.24, 2.45) is 0 Å². The third-order valence-corrected chi connectivity index (χ3v) is 3.17. The van der Waals surface area contributed by atoms with Crippen molar-refractivity contribution >= 4 is 26.8 Å². The minimum absolute atomic E-state index is 0.273. The summed E-state index contributed by atoms with van der Waals surface area (Å²) >= 11 is 3.33. The summed E-state index contributed by atoms with van der Waals surface area (Å²) < 4.78 is 6.06. The van der Waals surface area contributed by atoms with Crippen molar-refractivity contribution in [1.29, 1.82) is 0 Å². The van der Waals surface area contributed by atoms with Crippen LogP contribution in [0.5, 0.6) is 0 Å². The Labute approximate surface area is 117 Å². The van der Waals surface area contributed by atoms with Crippen molar-refractivity contribution in [3.63, 3.8) is 0 Å². The number of fused-ring (bicyclic) bond motifs is 1. The zero-order chi connectivity index (χ0) is 13.4. The van der Waals surface area contributed by atoms with Crippen molar-refractivity contribution in [1.82, 2.24) is 9.97 Å². The third kappa shape index (κ3) is 2.29. The molecule has 1 aromatic carbocycles. The summed E-state index contributed by atoms with van der Waals surface area (Å²) in [7, 11) is 0. The molecule has 3 aromatic rings. The Bertz CT molecular complexity index is 827. The van der Waals surface area contributed by atoms with Gasteiger partial charge in [-0.2, -0.15) is 0 Å². The van der Waals surface area contributed by atoms with Crippen LogP contribution < -0.4 is 5.63 Å². The molecule has 2 heterocycles. The van der Waals surface area contributed by atoms with Crippen LogP contribution >= 0.6 is 15.9 Å². The summed E-state index contributed by atoms with van der Waals surface area (Å²) in [5.74, 6) is 0.273. The van der Waals surface area contributed by atoms with Crippen LogP contribution in [-0.4, -0.2) is 9.97 Å². The zero-order valence-corrected chi connectivity index (χ0v) is 11.6. The van der Waals surface area contributed by atoms with Crippen LogP contribution in [0.2, 0.25) is 0 Å². The zero-order valence-electron chi connectivity index (χ0n) is 10.1. The molecule has 2 aromatic heterocycles. The van der Waals surface area contributed by atoms with E-state index in [0.29, 0.717) is 16.5 Å². The Morgan fingerprint density at radius 2 is 2.05 bits per heavy atom. The number of aryl methyl sites for hydroxylation is 1. The second-order valence-electron chi connectivity index (χ2n) is 4.22. The third-order valence-electron chi connectivity index (χ3n) is 2.74. The van der Waals surface area contributed by atoms with Gasteiger partial charge >= 0.3 is 5.63 Å². The first-order valence-electron chi connectivity index (χ1n) is 5.66. The number of rotatable bonds is 1. The van der Waals surface area contributed by atoms with E-state index in [2.05, 4.69) is 25.9 Å². The molecule has 0 bridgehead atoms. The Balaban J connectivity index is 2.27. The highest BCUT2D eigenvalue weighted by molar-refractivity contribution is 9.10. The fourth-order valence-electron chi connectivity index (χ4n) is 1.84. The average Bonchev–Trinajstić information content (AvgIpc) is 2.39. The summed E-state index contributed by atoms with van der Waals surface area (Å²) in [5.41, 5.74) is 1.90. The van der Waals surface area contributed by atoms with Crippen molar-refractivity contribution in [2.75, 3.05) is 0 Å². The van der Waals surface area contributed by atoms with Gasteiger partial charge in [-0.05, 0) is 41.1 Å². The number of hydrogen-bond donors (Lipinski definition) is 0. The summed E-state index contributed by atoms with van der Waals surface area (Å²) in [6.45, 7) is 1.92. The van der Waals surface area contributed by atoms with Gasteiger partial charge in [-0.25, -0.2) is 9.78 Å². The molecule has 0 saturated carbocycles. The normalized spacial score (nSPS) is 10.8. The van der Waals surface area contributed by atoms with Gasteiger partial charge in [0.15, 0.2) is 0 Å². The first-order chi connectivity index (χ1) is 9.13. The van der Waals surface area contributed by atoms with E-state index in [9.17, 15) is 4.79 Å². The number of nitrogens with zero attached hydrogens (tertiary/aromatic N) is 2. The first-order valence-corrected chi connectivity index (χ1v) is 6.45. The SMILES string of the molecule is Cc1ccc2nc(-c3cncc(Br)c3)oc(=O)c2c1. The second kappa shape index (κ2) is 4.59. The summed E-state index contributed by atoms with van der Waals surface area (Å²) in [4.78, 5) is 20.4. The lowest BCUT2D eigenvalue weighted by Gasteiger charge is -2.02. The molecule has 0 aliphatic rings. The lowest BCUT2D eigenvalue weighted by atomic mass is 10.2. The highest BCUT2D eigenvalue weighted by Gasteiger charge is 2.09. The highest BCUT2D eigenvalue weighted by atomic mass is 79.9. The quantitative estimate of drug-likeness (QED) is 0.691. The smallest absolute Gasteiger partial charge is 0.347 e. The molecule has 0 fully saturated rings. The van der Waals surface area contributed by atoms with E-state index in [1.165, 1.54) is 0 Å².